The van der Waals surface area contributed by atoms with Gasteiger partial charge in [-0.2, -0.15) is 0 Å². The Morgan fingerprint density at radius 2 is 0.951 bits per heavy atom. The van der Waals surface area contributed by atoms with Crippen LogP contribution in [-0.4, -0.2) is 22.2 Å². The van der Waals surface area contributed by atoms with E-state index in [-0.39, 0.29) is 12.8 Å². The second-order valence-electron chi connectivity index (χ2n) is 9.68. The lowest BCUT2D eigenvalue weighted by molar-refractivity contribution is -0.138. The SMILES string of the molecule is NCc1ccc(-c2cc(CCC(=O)O)c(-c3ccc(-c4sc(-c5ccc(CN)cc5)cc4CCC(=O)O)s3)s2)cc1. The molecule has 0 aliphatic carbocycles. The van der Waals surface area contributed by atoms with Crippen LogP contribution in [0.15, 0.2) is 72.8 Å². The lowest BCUT2D eigenvalue weighted by Crippen LogP contribution is -1.97. The molecule has 0 radical (unpaired) electrons. The molecule has 0 saturated carbocycles. The molecule has 3 heterocycles. The van der Waals surface area contributed by atoms with Crippen LogP contribution in [0.1, 0.15) is 35.1 Å². The Hall–Kier alpha value is -3.60. The van der Waals surface area contributed by atoms with E-state index in [1.54, 1.807) is 34.0 Å². The van der Waals surface area contributed by atoms with Crippen molar-refractivity contribution in [3.8, 4) is 40.4 Å². The predicted octanol–water partition coefficient (Wildman–Crippen LogP) is 7.49. The number of hydrogen-bond acceptors (Lipinski definition) is 7. The summed E-state index contributed by atoms with van der Waals surface area (Å²) >= 11 is 4.99. The molecule has 5 aromatic rings. The summed E-state index contributed by atoms with van der Waals surface area (Å²) in [4.78, 5) is 29.3. The van der Waals surface area contributed by atoms with Crippen molar-refractivity contribution in [2.75, 3.05) is 0 Å². The van der Waals surface area contributed by atoms with E-state index in [2.05, 4.69) is 48.5 Å². The van der Waals surface area contributed by atoms with E-state index < -0.39 is 11.9 Å². The molecule has 5 rings (SSSR count). The Balaban J connectivity index is 1.52. The smallest absolute Gasteiger partial charge is 0.303 e. The van der Waals surface area contributed by atoms with E-state index in [0.29, 0.717) is 25.9 Å². The minimum atomic E-state index is -0.823. The maximum atomic E-state index is 11.4. The van der Waals surface area contributed by atoms with Crippen LogP contribution in [0.3, 0.4) is 0 Å². The number of carbonyl (C=O) groups is 2. The largest absolute Gasteiger partial charge is 0.481 e. The number of aliphatic carboxylic acids is 2. The first-order valence-corrected chi connectivity index (χ1v) is 15.7. The van der Waals surface area contributed by atoms with Crippen LogP contribution in [0.5, 0.6) is 0 Å². The molecule has 2 aromatic carbocycles. The molecule has 41 heavy (non-hydrogen) atoms. The molecule has 0 spiro atoms. The molecule has 0 aliphatic rings. The third-order valence-corrected chi connectivity index (χ3v) is 10.7. The topological polar surface area (TPSA) is 127 Å². The van der Waals surface area contributed by atoms with Crippen molar-refractivity contribution in [2.45, 2.75) is 38.8 Å². The Labute approximate surface area is 250 Å². The van der Waals surface area contributed by atoms with Gasteiger partial charge in [-0.05, 0) is 70.5 Å². The van der Waals surface area contributed by atoms with Crippen molar-refractivity contribution >= 4 is 45.9 Å². The van der Waals surface area contributed by atoms with Crippen LogP contribution in [0.25, 0.3) is 40.4 Å². The van der Waals surface area contributed by atoms with E-state index in [1.165, 1.54) is 0 Å². The third kappa shape index (κ3) is 6.83. The summed E-state index contributed by atoms with van der Waals surface area (Å²) in [5.74, 6) is -1.65. The first-order chi connectivity index (χ1) is 19.8. The molecule has 0 aliphatic heterocycles. The minimum absolute atomic E-state index is 0.0596. The fraction of sp³-hybridized carbons (Fsp3) is 0.188. The second kappa shape index (κ2) is 12.9. The number of thiophene rings is 3. The van der Waals surface area contributed by atoms with E-state index >= 15 is 0 Å². The maximum absolute atomic E-state index is 11.4. The van der Waals surface area contributed by atoms with Gasteiger partial charge in [-0.1, -0.05) is 48.5 Å². The molecular formula is C32H30N2O4S3. The van der Waals surface area contributed by atoms with Crippen molar-refractivity contribution in [3.05, 3.63) is 95.1 Å². The Bertz CT molecular complexity index is 1540. The Morgan fingerprint density at radius 3 is 1.29 bits per heavy atom. The maximum Gasteiger partial charge on any atom is 0.303 e. The average molecular weight is 603 g/mol. The fourth-order valence-corrected chi connectivity index (χ4v) is 8.33. The molecule has 0 atom stereocenters. The van der Waals surface area contributed by atoms with Crippen LogP contribution < -0.4 is 11.5 Å². The third-order valence-electron chi connectivity index (χ3n) is 6.84. The number of aryl methyl sites for hydroxylation is 2. The zero-order chi connectivity index (χ0) is 28.9. The van der Waals surface area contributed by atoms with Crippen LogP contribution in [0.4, 0.5) is 0 Å². The Kier molecular flexibility index (Phi) is 9.12. The van der Waals surface area contributed by atoms with Gasteiger partial charge in [-0.15, -0.1) is 34.0 Å². The van der Waals surface area contributed by atoms with E-state index in [1.807, 2.05) is 24.3 Å². The van der Waals surface area contributed by atoms with Gasteiger partial charge in [0.05, 0.1) is 0 Å². The highest BCUT2D eigenvalue weighted by molar-refractivity contribution is 7.28. The van der Waals surface area contributed by atoms with Gasteiger partial charge in [0.15, 0.2) is 0 Å². The summed E-state index contributed by atoms with van der Waals surface area (Å²) in [5.41, 5.74) is 17.8. The van der Waals surface area contributed by atoms with Crippen molar-refractivity contribution in [1.82, 2.24) is 0 Å². The number of carboxylic acids is 2. The monoisotopic (exact) mass is 602 g/mol. The van der Waals surface area contributed by atoms with E-state index in [4.69, 9.17) is 11.5 Å². The summed E-state index contributed by atoms with van der Waals surface area (Å²) < 4.78 is 0. The van der Waals surface area contributed by atoms with Crippen molar-refractivity contribution in [3.63, 3.8) is 0 Å². The van der Waals surface area contributed by atoms with E-state index in [0.717, 1.165) is 62.6 Å². The Morgan fingerprint density at radius 1 is 0.561 bits per heavy atom. The minimum Gasteiger partial charge on any atom is -0.481 e. The zero-order valence-electron chi connectivity index (χ0n) is 22.3. The molecule has 0 fully saturated rings. The highest BCUT2D eigenvalue weighted by atomic mass is 32.1. The van der Waals surface area contributed by atoms with Crippen LogP contribution >= 0.6 is 34.0 Å². The van der Waals surface area contributed by atoms with Gasteiger partial charge in [0, 0.05) is 55.2 Å². The highest BCUT2D eigenvalue weighted by Gasteiger charge is 2.19. The van der Waals surface area contributed by atoms with Gasteiger partial charge in [0.25, 0.3) is 0 Å². The molecule has 0 saturated heterocycles. The standard InChI is InChI=1S/C32H30N2O4S3/c33-17-19-1-5-21(6-2-19)27-15-23(9-13-29(35)36)31(40-27)25-11-12-26(39-25)32-24(10-14-30(37)38)16-28(41-32)22-7-3-20(18-34)4-8-22/h1-8,11-12,15-16H,9-10,13-14,17-18,33-34H2,(H,35,36)(H,37,38). The first-order valence-electron chi connectivity index (χ1n) is 13.2. The molecule has 0 amide bonds. The predicted molar refractivity (Wildman–Crippen MR) is 170 cm³/mol. The second-order valence-corrected chi connectivity index (χ2v) is 12.9. The number of hydrogen-bond donors (Lipinski definition) is 4. The molecule has 0 unspecified atom stereocenters. The number of carboxylic acid groups (broad SMARTS) is 2. The van der Waals surface area contributed by atoms with Crippen LogP contribution in [-0.2, 0) is 35.5 Å². The number of rotatable bonds is 12. The fourth-order valence-electron chi connectivity index (χ4n) is 4.61. The summed E-state index contributed by atoms with van der Waals surface area (Å²) in [6, 6.07) is 24.7. The zero-order valence-corrected chi connectivity index (χ0v) is 24.7. The molecule has 6 N–H and O–H groups in total. The molecule has 210 valence electrons. The van der Waals surface area contributed by atoms with Crippen molar-refractivity contribution < 1.29 is 19.8 Å². The molecule has 3 aromatic heterocycles. The van der Waals surface area contributed by atoms with Crippen molar-refractivity contribution in [1.29, 1.82) is 0 Å². The van der Waals surface area contributed by atoms with E-state index in [9.17, 15) is 19.8 Å². The van der Waals surface area contributed by atoms with Gasteiger partial charge >= 0.3 is 11.9 Å². The molecular weight excluding hydrogens is 573 g/mol. The normalized spacial score (nSPS) is 11.2. The number of nitrogens with two attached hydrogens (primary N) is 2. The van der Waals surface area contributed by atoms with Gasteiger partial charge < -0.3 is 21.7 Å². The lowest BCUT2D eigenvalue weighted by atomic mass is 10.1. The average Bonchev–Trinajstić information content (AvgIpc) is 3.73. The van der Waals surface area contributed by atoms with Crippen molar-refractivity contribution in [2.24, 2.45) is 11.5 Å². The quantitative estimate of drug-likeness (QED) is 0.117. The summed E-state index contributed by atoms with van der Waals surface area (Å²) in [6.07, 6.45) is 1.01. The number of benzene rings is 2. The summed E-state index contributed by atoms with van der Waals surface area (Å²) in [7, 11) is 0. The molecule has 0 bridgehead atoms. The first kappa shape index (κ1) is 28.9. The van der Waals surface area contributed by atoms with Crippen LogP contribution in [0.2, 0.25) is 0 Å². The van der Waals surface area contributed by atoms with Gasteiger partial charge in [0.1, 0.15) is 0 Å². The molecule has 9 heteroatoms. The highest BCUT2D eigenvalue weighted by Crippen LogP contribution is 2.47. The lowest BCUT2D eigenvalue weighted by Gasteiger charge is -2.01. The molecule has 6 nitrogen and oxygen atoms in total. The summed E-state index contributed by atoms with van der Waals surface area (Å²) in [6.45, 7) is 0.964. The van der Waals surface area contributed by atoms with Gasteiger partial charge in [0.2, 0.25) is 0 Å². The van der Waals surface area contributed by atoms with Gasteiger partial charge in [-0.25, -0.2) is 0 Å². The van der Waals surface area contributed by atoms with Gasteiger partial charge in [-0.3, -0.25) is 9.59 Å². The van der Waals surface area contributed by atoms with Crippen LogP contribution in [0, 0.1) is 0 Å². The summed E-state index contributed by atoms with van der Waals surface area (Å²) in [5, 5.41) is 18.7.